The van der Waals surface area contributed by atoms with E-state index in [9.17, 15) is 20.1 Å². The number of hydrogen-bond donors (Lipinski definition) is 4. The van der Waals surface area contributed by atoms with E-state index in [1.165, 1.54) is 19.3 Å². The molecule has 1 amide bonds. The van der Waals surface area contributed by atoms with Gasteiger partial charge in [0.15, 0.2) is 0 Å². The number of hydroxylamine groups is 1. The van der Waals surface area contributed by atoms with Crippen molar-refractivity contribution in [2.45, 2.75) is 12.7 Å². The van der Waals surface area contributed by atoms with E-state index >= 15 is 0 Å². The van der Waals surface area contributed by atoms with Crippen LogP contribution in [0.3, 0.4) is 0 Å². The topological polar surface area (TPSA) is 108 Å². The summed E-state index contributed by atoms with van der Waals surface area (Å²) in [5.41, 5.74) is 2.62. The monoisotopic (exact) mass is 407 g/mol. The quantitative estimate of drug-likeness (QED) is 0.459. The van der Waals surface area contributed by atoms with Crippen LogP contribution in [0.5, 0.6) is 17.2 Å². The maximum Gasteiger partial charge on any atom is 0.254 e. The van der Waals surface area contributed by atoms with Gasteiger partial charge in [-0.15, -0.1) is 0 Å². The van der Waals surface area contributed by atoms with Crippen molar-refractivity contribution in [3.05, 3.63) is 58.3 Å². The number of carbonyl (C=O) groups is 1. The van der Waals surface area contributed by atoms with Gasteiger partial charge in [0.05, 0.1) is 5.57 Å². The van der Waals surface area contributed by atoms with Gasteiger partial charge in [0.1, 0.15) is 29.1 Å². The first-order chi connectivity index (χ1) is 11.8. The van der Waals surface area contributed by atoms with Gasteiger partial charge in [0, 0.05) is 23.5 Å². The third-order valence-corrected chi connectivity index (χ3v) is 4.05. The number of halogens is 1. The van der Waals surface area contributed by atoms with Crippen molar-refractivity contribution in [2.75, 3.05) is 0 Å². The minimum atomic E-state index is -2.24. The number of amides is 1. The van der Waals surface area contributed by atoms with Crippen LogP contribution in [0.1, 0.15) is 18.1 Å². The van der Waals surface area contributed by atoms with Crippen molar-refractivity contribution >= 4 is 27.4 Å². The Morgan fingerprint density at radius 1 is 1.28 bits per heavy atom. The van der Waals surface area contributed by atoms with Crippen LogP contribution in [0.15, 0.2) is 47.1 Å². The number of benzene rings is 2. The lowest BCUT2D eigenvalue weighted by Crippen LogP contribution is -2.40. The van der Waals surface area contributed by atoms with Crippen molar-refractivity contribution in [3.63, 3.8) is 0 Å². The fourth-order valence-electron chi connectivity index (χ4n) is 2.53. The van der Waals surface area contributed by atoms with Gasteiger partial charge in [-0.05, 0) is 17.7 Å². The molecule has 4 N–H and O–H groups in total. The van der Waals surface area contributed by atoms with Crippen LogP contribution in [0.2, 0.25) is 0 Å². The Bertz CT molecular complexity index is 881. The number of fused-ring (bicyclic) bond motifs is 1. The zero-order chi connectivity index (χ0) is 18.2. The average molecular weight is 408 g/mol. The minimum absolute atomic E-state index is 0.0101. The van der Waals surface area contributed by atoms with Crippen LogP contribution < -0.4 is 10.2 Å². The first-order valence-corrected chi connectivity index (χ1v) is 7.97. The minimum Gasteiger partial charge on any atom is -0.508 e. The number of aromatic hydroxyl groups is 2. The summed E-state index contributed by atoms with van der Waals surface area (Å²) in [6, 6.07) is 9.19. The molecule has 3 rings (SSSR count). The Hall–Kier alpha value is -2.55. The van der Waals surface area contributed by atoms with Crippen molar-refractivity contribution in [1.29, 1.82) is 0 Å². The zero-order valence-corrected chi connectivity index (χ0v) is 14.6. The molecule has 1 aliphatic heterocycles. The molecule has 1 atom stereocenters. The fraction of sp³-hybridized carbons (Fsp3) is 0.118. The number of carbonyl (C=O) groups excluding carboxylic acids is 1. The second-order valence-corrected chi connectivity index (χ2v) is 6.32. The highest BCUT2D eigenvalue weighted by atomic mass is 79.9. The van der Waals surface area contributed by atoms with E-state index in [2.05, 4.69) is 21.4 Å². The second-order valence-electron chi connectivity index (χ2n) is 5.40. The molecule has 0 aliphatic carbocycles. The molecule has 0 aromatic heterocycles. The van der Waals surface area contributed by atoms with E-state index in [1.54, 1.807) is 24.3 Å². The van der Waals surface area contributed by atoms with E-state index in [0.717, 1.165) is 10.5 Å². The zero-order valence-electron chi connectivity index (χ0n) is 13.0. The predicted molar refractivity (Wildman–Crippen MR) is 91.3 cm³/mol. The SMILES string of the molecule is CC(=O)NOC1(O)C(c2cccc(Br)c2)=COc2cc(O)cc(O)c21. The summed E-state index contributed by atoms with van der Waals surface area (Å²) < 4.78 is 6.19. The molecule has 130 valence electrons. The fourth-order valence-corrected chi connectivity index (χ4v) is 2.93. The molecule has 0 saturated carbocycles. The summed E-state index contributed by atoms with van der Waals surface area (Å²) in [5.74, 6) is -3.50. The maximum absolute atomic E-state index is 11.3. The summed E-state index contributed by atoms with van der Waals surface area (Å²) in [5, 5.41) is 31.1. The van der Waals surface area contributed by atoms with Gasteiger partial charge in [0.2, 0.25) is 5.91 Å². The first kappa shape index (κ1) is 17.3. The highest BCUT2D eigenvalue weighted by molar-refractivity contribution is 9.10. The molecule has 25 heavy (non-hydrogen) atoms. The Morgan fingerprint density at radius 3 is 2.72 bits per heavy atom. The summed E-state index contributed by atoms with van der Waals surface area (Å²) >= 11 is 3.34. The van der Waals surface area contributed by atoms with Gasteiger partial charge >= 0.3 is 0 Å². The molecule has 0 bridgehead atoms. The molecule has 2 aromatic carbocycles. The van der Waals surface area contributed by atoms with Crippen LogP contribution in [0.25, 0.3) is 5.57 Å². The van der Waals surface area contributed by atoms with Gasteiger partial charge in [-0.1, -0.05) is 28.1 Å². The largest absolute Gasteiger partial charge is 0.508 e. The van der Waals surface area contributed by atoms with E-state index < -0.39 is 17.4 Å². The third-order valence-electron chi connectivity index (χ3n) is 3.55. The van der Waals surface area contributed by atoms with Crippen molar-refractivity contribution in [2.24, 2.45) is 0 Å². The molecule has 1 heterocycles. The van der Waals surface area contributed by atoms with Crippen molar-refractivity contribution in [1.82, 2.24) is 5.48 Å². The molecule has 2 aromatic rings. The third kappa shape index (κ3) is 3.19. The summed E-state index contributed by atoms with van der Waals surface area (Å²) in [7, 11) is 0. The smallest absolute Gasteiger partial charge is 0.254 e. The average Bonchev–Trinajstić information content (AvgIpc) is 2.52. The van der Waals surface area contributed by atoms with Gasteiger partial charge in [-0.3, -0.25) is 4.79 Å². The summed E-state index contributed by atoms with van der Waals surface area (Å²) in [6.45, 7) is 1.21. The van der Waals surface area contributed by atoms with E-state index in [-0.39, 0.29) is 22.6 Å². The molecule has 0 saturated heterocycles. The Kier molecular flexibility index (Phi) is 4.42. The highest BCUT2D eigenvalue weighted by Gasteiger charge is 2.45. The Balaban J connectivity index is 2.18. The van der Waals surface area contributed by atoms with Crippen molar-refractivity contribution in [3.8, 4) is 17.2 Å². The normalized spacial score (nSPS) is 18.8. The molecule has 1 unspecified atom stereocenters. The van der Waals surface area contributed by atoms with Crippen LogP contribution in [0.4, 0.5) is 0 Å². The second kappa shape index (κ2) is 6.40. The number of aliphatic hydroxyl groups is 1. The summed E-state index contributed by atoms with van der Waals surface area (Å²) in [6.07, 6.45) is 1.23. The highest BCUT2D eigenvalue weighted by Crippen LogP contribution is 2.49. The van der Waals surface area contributed by atoms with E-state index in [4.69, 9.17) is 9.57 Å². The molecule has 1 aliphatic rings. The van der Waals surface area contributed by atoms with Gasteiger partial charge in [-0.25, -0.2) is 10.3 Å². The maximum atomic E-state index is 11.3. The summed E-state index contributed by atoms with van der Waals surface area (Å²) in [4.78, 5) is 16.5. The number of phenols is 2. The molecule has 0 spiro atoms. The number of rotatable bonds is 3. The number of ether oxygens (including phenoxy) is 1. The van der Waals surface area contributed by atoms with Crippen LogP contribution in [-0.2, 0) is 15.4 Å². The van der Waals surface area contributed by atoms with Gasteiger partial charge in [0.25, 0.3) is 5.79 Å². The van der Waals surface area contributed by atoms with E-state index in [1.807, 2.05) is 0 Å². The first-order valence-electron chi connectivity index (χ1n) is 7.18. The predicted octanol–water partition coefficient (Wildman–Crippen LogP) is 2.51. The number of phenolic OH excluding ortho intramolecular Hbond substituents is 2. The Morgan fingerprint density at radius 2 is 2.04 bits per heavy atom. The molecular formula is C17H14BrNO6. The molecule has 0 radical (unpaired) electrons. The van der Waals surface area contributed by atoms with Crippen LogP contribution in [-0.4, -0.2) is 21.2 Å². The van der Waals surface area contributed by atoms with Crippen molar-refractivity contribution < 1.29 is 29.7 Å². The molecule has 8 heteroatoms. The number of hydrogen-bond acceptors (Lipinski definition) is 6. The molecule has 0 fully saturated rings. The lowest BCUT2D eigenvalue weighted by Gasteiger charge is -2.34. The van der Waals surface area contributed by atoms with Gasteiger partial charge in [-0.2, -0.15) is 0 Å². The molecular weight excluding hydrogens is 394 g/mol. The standard InChI is InChI=1S/C17H14BrNO6/c1-9(20)19-25-17(23)13(10-3-2-4-11(18)5-10)8-24-15-7-12(21)6-14(22)16(15)17/h2-8,21-23H,1H3,(H,19,20). The van der Waals surface area contributed by atoms with E-state index in [0.29, 0.717) is 5.56 Å². The Labute approximate surface area is 151 Å². The van der Waals surface area contributed by atoms with Crippen LogP contribution >= 0.6 is 15.9 Å². The lowest BCUT2D eigenvalue weighted by atomic mass is 9.90. The lowest BCUT2D eigenvalue weighted by molar-refractivity contribution is -0.211. The number of nitrogens with one attached hydrogen (secondary N) is 1. The molecule has 7 nitrogen and oxygen atoms in total. The van der Waals surface area contributed by atoms with Crippen LogP contribution in [0, 0.1) is 0 Å². The van der Waals surface area contributed by atoms with Gasteiger partial charge < -0.3 is 20.1 Å².